The number of phenolic OH excluding ortho intramolecular Hbond substituents is 1. The van der Waals surface area contributed by atoms with Crippen LogP contribution in [0, 0.1) is 0 Å². The average Bonchev–Trinajstić information content (AvgIpc) is 2.97. The summed E-state index contributed by atoms with van der Waals surface area (Å²) in [5.74, 6) is 0.571. The molecule has 8 heteroatoms. The number of aromatic hydroxyl groups is 1. The number of hydrogen-bond donors (Lipinski definition) is 1. The zero-order valence-electron chi connectivity index (χ0n) is 15.4. The van der Waals surface area contributed by atoms with Crippen LogP contribution in [0.5, 0.6) is 23.0 Å². The second-order valence-electron chi connectivity index (χ2n) is 5.77. The number of hydrogen-bond acceptors (Lipinski definition) is 7. The predicted octanol–water partition coefficient (Wildman–Crippen LogP) is 3.52. The molecule has 1 saturated heterocycles. The van der Waals surface area contributed by atoms with Gasteiger partial charge in [-0.3, -0.25) is 14.5 Å². The van der Waals surface area contributed by atoms with Crippen LogP contribution in [0.1, 0.15) is 5.56 Å². The van der Waals surface area contributed by atoms with Crippen molar-refractivity contribution in [2.75, 3.05) is 27.4 Å². The SMILES string of the molecule is COc1cc(/C=C2\SC(=O)N(CCOc3ccccc3)C2=O)cc(OC)c1O. The number of methoxy groups -OCH3 is 2. The van der Waals surface area contributed by atoms with E-state index in [9.17, 15) is 14.7 Å². The minimum atomic E-state index is -0.391. The Bertz CT molecular complexity index is 887. The van der Waals surface area contributed by atoms with Gasteiger partial charge in [0, 0.05) is 0 Å². The number of imide groups is 1. The Hall–Kier alpha value is -3.13. The standard InChI is InChI=1S/C20H19NO6S/c1-25-15-10-13(11-16(26-2)18(15)22)12-17-19(23)21(20(24)28-17)8-9-27-14-6-4-3-5-7-14/h3-7,10-12,22H,8-9H2,1-2H3/b17-12-. The van der Waals surface area contributed by atoms with Crippen molar-refractivity contribution in [1.29, 1.82) is 0 Å². The third-order valence-electron chi connectivity index (χ3n) is 4.00. The van der Waals surface area contributed by atoms with Crippen molar-refractivity contribution in [2.24, 2.45) is 0 Å². The highest BCUT2D eigenvalue weighted by Gasteiger charge is 2.34. The van der Waals surface area contributed by atoms with E-state index in [0.717, 1.165) is 16.7 Å². The van der Waals surface area contributed by atoms with Gasteiger partial charge in [-0.25, -0.2) is 0 Å². The van der Waals surface area contributed by atoms with Crippen molar-refractivity contribution >= 4 is 29.0 Å². The lowest BCUT2D eigenvalue weighted by Crippen LogP contribution is -2.32. The topological polar surface area (TPSA) is 85.3 Å². The molecule has 0 atom stereocenters. The van der Waals surface area contributed by atoms with Crippen LogP contribution in [0.25, 0.3) is 6.08 Å². The van der Waals surface area contributed by atoms with Gasteiger partial charge < -0.3 is 19.3 Å². The number of carbonyl (C=O) groups excluding carboxylic acids is 2. The van der Waals surface area contributed by atoms with Crippen LogP contribution < -0.4 is 14.2 Å². The molecule has 0 bridgehead atoms. The normalized spacial score (nSPS) is 15.2. The van der Waals surface area contributed by atoms with E-state index in [0.29, 0.717) is 11.3 Å². The van der Waals surface area contributed by atoms with Crippen LogP contribution in [0.15, 0.2) is 47.4 Å². The van der Waals surface area contributed by atoms with E-state index >= 15 is 0 Å². The fraction of sp³-hybridized carbons (Fsp3) is 0.200. The molecule has 0 aromatic heterocycles. The Balaban J connectivity index is 1.72. The molecule has 0 spiro atoms. The largest absolute Gasteiger partial charge is 0.502 e. The van der Waals surface area contributed by atoms with Gasteiger partial charge in [-0.1, -0.05) is 18.2 Å². The molecule has 1 aliphatic heterocycles. The second kappa shape index (κ2) is 8.71. The van der Waals surface area contributed by atoms with Gasteiger partial charge in [-0.2, -0.15) is 0 Å². The average molecular weight is 401 g/mol. The van der Waals surface area contributed by atoms with E-state index in [1.807, 2.05) is 18.2 Å². The van der Waals surface area contributed by atoms with Crippen molar-refractivity contribution in [3.8, 4) is 23.0 Å². The zero-order chi connectivity index (χ0) is 20.1. The zero-order valence-corrected chi connectivity index (χ0v) is 16.2. The van der Waals surface area contributed by atoms with Crippen LogP contribution >= 0.6 is 11.8 Å². The van der Waals surface area contributed by atoms with E-state index in [-0.39, 0.29) is 40.5 Å². The fourth-order valence-corrected chi connectivity index (χ4v) is 3.48. The first-order valence-corrected chi connectivity index (χ1v) is 9.23. The highest BCUT2D eigenvalue weighted by atomic mass is 32.2. The lowest BCUT2D eigenvalue weighted by atomic mass is 10.1. The van der Waals surface area contributed by atoms with E-state index in [2.05, 4.69) is 0 Å². The molecule has 28 heavy (non-hydrogen) atoms. The van der Waals surface area contributed by atoms with E-state index in [1.165, 1.54) is 14.2 Å². The van der Waals surface area contributed by atoms with E-state index < -0.39 is 5.91 Å². The van der Waals surface area contributed by atoms with Crippen molar-refractivity contribution in [3.05, 3.63) is 52.9 Å². The summed E-state index contributed by atoms with van der Waals surface area (Å²) >= 11 is 0.853. The minimum absolute atomic E-state index is 0.131. The molecule has 3 rings (SSSR count). The highest BCUT2D eigenvalue weighted by Crippen LogP contribution is 2.39. The van der Waals surface area contributed by atoms with Gasteiger partial charge in [0.25, 0.3) is 11.1 Å². The molecule has 146 valence electrons. The quantitative estimate of drug-likeness (QED) is 0.711. The van der Waals surface area contributed by atoms with Crippen LogP contribution in [-0.2, 0) is 4.79 Å². The molecule has 1 N–H and O–H groups in total. The first-order valence-electron chi connectivity index (χ1n) is 8.41. The summed E-state index contributed by atoms with van der Waals surface area (Å²) in [4.78, 5) is 26.2. The number of para-hydroxylation sites is 1. The molecule has 1 heterocycles. The lowest BCUT2D eigenvalue weighted by Gasteiger charge is -2.13. The summed E-state index contributed by atoms with van der Waals surface area (Å²) in [6.07, 6.45) is 1.56. The fourth-order valence-electron chi connectivity index (χ4n) is 2.61. The summed E-state index contributed by atoms with van der Waals surface area (Å²) < 4.78 is 15.8. The van der Waals surface area contributed by atoms with Gasteiger partial charge in [-0.15, -0.1) is 0 Å². The van der Waals surface area contributed by atoms with E-state index in [4.69, 9.17) is 14.2 Å². The summed E-state index contributed by atoms with van der Waals surface area (Å²) in [5.41, 5.74) is 0.567. The van der Waals surface area contributed by atoms with Crippen LogP contribution in [0.4, 0.5) is 4.79 Å². The maximum absolute atomic E-state index is 12.6. The molecule has 2 amide bonds. The van der Waals surface area contributed by atoms with Gasteiger partial charge in [0.15, 0.2) is 11.5 Å². The summed E-state index contributed by atoms with van der Waals surface area (Å²) in [7, 11) is 2.83. The predicted molar refractivity (Wildman–Crippen MR) is 106 cm³/mol. The van der Waals surface area contributed by atoms with Gasteiger partial charge in [0.2, 0.25) is 5.75 Å². The highest BCUT2D eigenvalue weighted by molar-refractivity contribution is 8.18. The molecule has 1 fully saturated rings. The number of nitrogens with zero attached hydrogens (tertiary/aromatic N) is 1. The molecule has 2 aromatic rings. The number of rotatable bonds is 7. The number of carbonyl (C=O) groups is 2. The smallest absolute Gasteiger partial charge is 0.293 e. The number of benzene rings is 2. The molecule has 0 saturated carbocycles. The first kappa shape index (κ1) is 19.6. The van der Waals surface area contributed by atoms with E-state index in [1.54, 1.807) is 30.3 Å². The number of phenols is 1. The third kappa shape index (κ3) is 4.23. The number of thioether (sulfide) groups is 1. The maximum Gasteiger partial charge on any atom is 0.293 e. The summed E-state index contributed by atoms with van der Waals surface area (Å²) in [5, 5.41) is 9.63. The van der Waals surface area contributed by atoms with Crippen molar-refractivity contribution in [3.63, 3.8) is 0 Å². The molecule has 0 aliphatic carbocycles. The molecular weight excluding hydrogens is 382 g/mol. The van der Waals surface area contributed by atoms with Crippen LogP contribution in [0.3, 0.4) is 0 Å². The minimum Gasteiger partial charge on any atom is -0.502 e. The number of ether oxygens (including phenoxy) is 3. The van der Waals surface area contributed by atoms with Gasteiger partial charge >= 0.3 is 0 Å². The summed E-state index contributed by atoms with van der Waals surface area (Å²) in [6.45, 7) is 0.356. The second-order valence-corrected chi connectivity index (χ2v) is 6.76. The van der Waals surface area contributed by atoms with Gasteiger partial charge in [0.05, 0.1) is 25.7 Å². The van der Waals surface area contributed by atoms with Gasteiger partial charge in [0.1, 0.15) is 12.4 Å². The molecule has 7 nitrogen and oxygen atoms in total. The maximum atomic E-state index is 12.6. The molecule has 2 aromatic carbocycles. The van der Waals surface area contributed by atoms with Gasteiger partial charge in [-0.05, 0) is 47.7 Å². The van der Waals surface area contributed by atoms with Crippen LogP contribution in [-0.4, -0.2) is 48.5 Å². The molecular formula is C20H19NO6S. The monoisotopic (exact) mass is 401 g/mol. The Morgan fingerprint density at radius 1 is 1.07 bits per heavy atom. The molecule has 0 unspecified atom stereocenters. The molecule has 0 radical (unpaired) electrons. The lowest BCUT2D eigenvalue weighted by molar-refractivity contribution is -0.123. The van der Waals surface area contributed by atoms with Crippen LogP contribution in [0.2, 0.25) is 0 Å². The Kier molecular flexibility index (Phi) is 6.10. The Morgan fingerprint density at radius 2 is 1.71 bits per heavy atom. The first-order chi connectivity index (χ1) is 13.5. The van der Waals surface area contributed by atoms with Crippen molar-refractivity contribution < 1.29 is 28.9 Å². The number of amides is 2. The molecule has 1 aliphatic rings. The van der Waals surface area contributed by atoms with Crippen molar-refractivity contribution in [1.82, 2.24) is 4.90 Å². The Morgan fingerprint density at radius 3 is 2.32 bits per heavy atom. The Labute approximate surface area is 166 Å². The van der Waals surface area contributed by atoms with Crippen molar-refractivity contribution in [2.45, 2.75) is 0 Å². The summed E-state index contributed by atoms with van der Waals surface area (Å²) in [6, 6.07) is 12.3. The third-order valence-corrected chi connectivity index (χ3v) is 4.91.